The zero-order chi connectivity index (χ0) is 14.4. The van der Waals surface area contributed by atoms with Crippen molar-refractivity contribution in [2.45, 2.75) is 51.4 Å². The highest BCUT2D eigenvalue weighted by atomic mass is 16.4. The topological polar surface area (TPSA) is 37.3 Å². The zero-order valence-electron chi connectivity index (χ0n) is 12.2. The molecule has 0 aromatic heterocycles. The highest BCUT2D eigenvalue weighted by molar-refractivity contribution is 5.85. The summed E-state index contributed by atoms with van der Waals surface area (Å²) in [6, 6.07) is 8.36. The van der Waals surface area contributed by atoms with Crippen molar-refractivity contribution in [1.82, 2.24) is 0 Å². The van der Waals surface area contributed by atoms with Gasteiger partial charge < -0.3 is 5.11 Å². The number of carboxylic acids is 1. The third kappa shape index (κ3) is 4.22. The highest BCUT2D eigenvalue weighted by Crippen LogP contribution is 2.37. The number of hydrogen-bond donors (Lipinski definition) is 1. The van der Waals surface area contributed by atoms with Crippen molar-refractivity contribution in [2.24, 2.45) is 5.92 Å². The van der Waals surface area contributed by atoms with Gasteiger partial charge in [-0.25, -0.2) is 4.79 Å². The Labute approximate surface area is 121 Å². The third-order valence-corrected chi connectivity index (χ3v) is 4.37. The molecule has 2 heteroatoms. The molecule has 0 atom stereocenters. The van der Waals surface area contributed by atoms with E-state index in [1.807, 2.05) is 12.1 Å². The predicted octanol–water partition coefficient (Wildman–Crippen LogP) is 4.86. The second-order valence-electron chi connectivity index (χ2n) is 5.84. The molecule has 0 heterocycles. The summed E-state index contributed by atoms with van der Waals surface area (Å²) in [6.07, 6.45) is 10.8. The fourth-order valence-electron chi connectivity index (χ4n) is 3.24. The molecule has 1 aliphatic rings. The monoisotopic (exact) mass is 272 g/mol. The maximum Gasteiger partial charge on any atom is 0.328 e. The summed E-state index contributed by atoms with van der Waals surface area (Å²) in [5, 5.41) is 8.61. The maximum atomic E-state index is 10.5. The van der Waals surface area contributed by atoms with Gasteiger partial charge in [-0.1, -0.05) is 44.0 Å². The van der Waals surface area contributed by atoms with E-state index in [1.54, 1.807) is 6.08 Å². The number of hydrogen-bond acceptors (Lipinski definition) is 1. The molecule has 2 nitrogen and oxygen atoms in total. The quantitative estimate of drug-likeness (QED) is 0.777. The van der Waals surface area contributed by atoms with Crippen molar-refractivity contribution < 1.29 is 9.90 Å². The molecule has 1 aliphatic carbocycles. The van der Waals surface area contributed by atoms with E-state index in [0.717, 1.165) is 11.5 Å². The maximum absolute atomic E-state index is 10.5. The Morgan fingerprint density at radius 3 is 2.40 bits per heavy atom. The van der Waals surface area contributed by atoms with Gasteiger partial charge in [0.1, 0.15) is 0 Å². The Balaban J connectivity index is 1.92. The van der Waals surface area contributed by atoms with Crippen molar-refractivity contribution in [3.05, 3.63) is 41.5 Å². The summed E-state index contributed by atoms with van der Waals surface area (Å²) in [4.78, 5) is 10.5. The highest BCUT2D eigenvalue weighted by Gasteiger charge is 2.21. The molecule has 0 bridgehead atoms. The van der Waals surface area contributed by atoms with Crippen LogP contribution in [0, 0.1) is 5.92 Å². The number of rotatable bonds is 5. The Kier molecular flexibility index (Phi) is 5.40. The van der Waals surface area contributed by atoms with Gasteiger partial charge in [-0.3, -0.25) is 0 Å². The largest absolute Gasteiger partial charge is 0.478 e. The first-order valence-electron chi connectivity index (χ1n) is 7.70. The molecule has 2 rings (SSSR count). The number of carbonyl (C=O) groups is 1. The predicted molar refractivity (Wildman–Crippen MR) is 82.7 cm³/mol. The molecule has 0 radical (unpaired) electrons. The van der Waals surface area contributed by atoms with E-state index >= 15 is 0 Å². The SMILES string of the molecule is CCC[C@H]1CC[C@H](c2ccc(C=CC(=O)O)cc2)CC1. The van der Waals surface area contributed by atoms with E-state index in [2.05, 4.69) is 19.1 Å². The summed E-state index contributed by atoms with van der Waals surface area (Å²) in [5.41, 5.74) is 2.36. The van der Waals surface area contributed by atoms with E-state index in [-0.39, 0.29) is 0 Å². The van der Waals surface area contributed by atoms with Crippen molar-refractivity contribution >= 4 is 12.0 Å². The summed E-state index contributed by atoms with van der Waals surface area (Å²) < 4.78 is 0. The molecule has 1 aromatic rings. The molecule has 1 N–H and O–H groups in total. The minimum absolute atomic E-state index is 0.695. The van der Waals surface area contributed by atoms with Gasteiger partial charge in [-0.05, 0) is 54.7 Å². The molecule has 108 valence electrons. The van der Waals surface area contributed by atoms with Crippen LogP contribution < -0.4 is 0 Å². The van der Waals surface area contributed by atoms with Gasteiger partial charge in [0.25, 0.3) is 0 Å². The van der Waals surface area contributed by atoms with Gasteiger partial charge in [0, 0.05) is 6.08 Å². The van der Waals surface area contributed by atoms with Crippen LogP contribution in [0.5, 0.6) is 0 Å². The van der Waals surface area contributed by atoms with E-state index in [1.165, 1.54) is 50.2 Å². The van der Waals surface area contributed by atoms with Gasteiger partial charge >= 0.3 is 5.97 Å². The van der Waals surface area contributed by atoms with E-state index < -0.39 is 5.97 Å². The molecule has 1 fully saturated rings. The van der Waals surface area contributed by atoms with Crippen molar-refractivity contribution in [1.29, 1.82) is 0 Å². The van der Waals surface area contributed by atoms with Gasteiger partial charge in [0.05, 0.1) is 0 Å². The lowest BCUT2D eigenvalue weighted by Crippen LogP contribution is -2.13. The van der Waals surface area contributed by atoms with Crippen LogP contribution >= 0.6 is 0 Å². The van der Waals surface area contributed by atoms with Gasteiger partial charge in [-0.15, -0.1) is 0 Å². The molecule has 0 aliphatic heterocycles. The van der Waals surface area contributed by atoms with Crippen LogP contribution in [0.15, 0.2) is 30.3 Å². The molecule has 1 aromatic carbocycles. The van der Waals surface area contributed by atoms with Gasteiger partial charge in [-0.2, -0.15) is 0 Å². The number of carboxylic acid groups (broad SMARTS) is 1. The number of aliphatic carboxylic acids is 1. The average molecular weight is 272 g/mol. The van der Waals surface area contributed by atoms with Gasteiger partial charge in [0.15, 0.2) is 0 Å². The first-order valence-corrected chi connectivity index (χ1v) is 7.70. The van der Waals surface area contributed by atoms with Crippen molar-refractivity contribution in [3.63, 3.8) is 0 Å². The van der Waals surface area contributed by atoms with Crippen LogP contribution in [0.25, 0.3) is 6.08 Å². The molecule has 0 spiro atoms. The Morgan fingerprint density at radius 2 is 1.85 bits per heavy atom. The Hall–Kier alpha value is -1.57. The standard InChI is InChI=1S/C18H24O2/c1-2-3-14-4-9-16(10-5-14)17-11-6-15(7-12-17)8-13-18(19)20/h6-8,11-14,16H,2-5,9-10H2,1H3,(H,19,20)/t14-,16-. The molecule has 20 heavy (non-hydrogen) atoms. The average Bonchev–Trinajstić information content (AvgIpc) is 2.47. The Bertz CT molecular complexity index is 451. The molecule has 0 unspecified atom stereocenters. The summed E-state index contributed by atoms with van der Waals surface area (Å²) in [5.74, 6) is 0.734. The van der Waals surface area contributed by atoms with Crippen LogP contribution in [0.1, 0.15) is 62.5 Å². The summed E-state index contributed by atoms with van der Waals surface area (Å²) >= 11 is 0. The molecule has 1 saturated carbocycles. The molecular formula is C18H24O2. The minimum Gasteiger partial charge on any atom is -0.478 e. The molecular weight excluding hydrogens is 248 g/mol. The van der Waals surface area contributed by atoms with Crippen LogP contribution in [0.4, 0.5) is 0 Å². The first kappa shape index (κ1) is 14.8. The molecule has 0 saturated heterocycles. The van der Waals surface area contributed by atoms with E-state index in [9.17, 15) is 4.79 Å². The van der Waals surface area contributed by atoms with Crippen LogP contribution in [0.2, 0.25) is 0 Å². The summed E-state index contributed by atoms with van der Waals surface area (Å²) in [7, 11) is 0. The van der Waals surface area contributed by atoms with Crippen LogP contribution in [-0.2, 0) is 4.79 Å². The van der Waals surface area contributed by atoms with E-state index in [0.29, 0.717) is 5.92 Å². The lowest BCUT2D eigenvalue weighted by atomic mass is 9.77. The lowest BCUT2D eigenvalue weighted by molar-refractivity contribution is -0.131. The zero-order valence-corrected chi connectivity index (χ0v) is 12.2. The normalized spacial score (nSPS) is 23.1. The lowest BCUT2D eigenvalue weighted by Gasteiger charge is -2.28. The van der Waals surface area contributed by atoms with Gasteiger partial charge in [0.2, 0.25) is 0 Å². The Morgan fingerprint density at radius 1 is 1.20 bits per heavy atom. The first-order chi connectivity index (χ1) is 9.69. The minimum atomic E-state index is -0.900. The van der Waals surface area contributed by atoms with Crippen LogP contribution in [-0.4, -0.2) is 11.1 Å². The van der Waals surface area contributed by atoms with Crippen LogP contribution in [0.3, 0.4) is 0 Å². The second-order valence-corrected chi connectivity index (χ2v) is 5.84. The second kappa shape index (κ2) is 7.28. The fraction of sp³-hybridized carbons (Fsp3) is 0.500. The van der Waals surface area contributed by atoms with Crippen molar-refractivity contribution in [2.75, 3.05) is 0 Å². The molecule has 0 amide bonds. The number of benzene rings is 1. The van der Waals surface area contributed by atoms with Crippen molar-refractivity contribution in [3.8, 4) is 0 Å². The fourth-order valence-corrected chi connectivity index (χ4v) is 3.24. The third-order valence-electron chi connectivity index (χ3n) is 4.37. The summed E-state index contributed by atoms with van der Waals surface area (Å²) in [6.45, 7) is 2.27. The smallest absolute Gasteiger partial charge is 0.328 e. The van der Waals surface area contributed by atoms with E-state index in [4.69, 9.17) is 5.11 Å².